The molecule has 1 heterocycles. The Labute approximate surface area is 130 Å². The molecular weight excluding hydrogens is 341 g/mol. The summed E-state index contributed by atoms with van der Waals surface area (Å²) in [5, 5.41) is 9.47. The first-order valence-electron chi connectivity index (χ1n) is 5.53. The van der Waals surface area contributed by atoms with Crippen LogP contribution < -0.4 is 5.32 Å². The molecule has 0 atom stereocenters. The van der Waals surface area contributed by atoms with Crippen molar-refractivity contribution < 1.29 is 17.6 Å². The number of carbonyl (C=O) groups excluding carboxylic acids is 1. The highest BCUT2D eigenvalue weighted by Crippen LogP contribution is 2.20. The second-order valence-electron chi connectivity index (χ2n) is 4.04. The van der Waals surface area contributed by atoms with Crippen molar-refractivity contribution in [1.29, 1.82) is 0 Å². The van der Waals surface area contributed by atoms with Crippen LogP contribution in [-0.4, -0.2) is 30.8 Å². The Hall–Kier alpha value is -1.64. The monoisotopic (exact) mass is 349 g/mol. The summed E-state index contributed by atoms with van der Waals surface area (Å²) in [6, 6.07) is 4.43. The lowest BCUT2D eigenvalue weighted by Crippen LogP contribution is -2.23. The van der Waals surface area contributed by atoms with E-state index in [0.717, 1.165) is 6.26 Å². The average Bonchev–Trinajstić information content (AvgIpc) is 2.84. The molecule has 0 radical (unpaired) electrons. The van der Waals surface area contributed by atoms with Gasteiger partial charge in [0.15, 0.2) is 0 Å². The zero-order valence-corrected chi connectivity index (χ0v) is 13.0. The van der Waals surface area contributed by atoms with Crippen molar-refractivity contribution in [2.45, 2.75) is 11.8 Å². The van der Waals surface area contributed by atoms with Crippen LogP contribution in [0.4, 0.5) is 0 Å². The molecule has 10 heteroatoms. The highest BCUT2D eigenvalue weighted by Gasteiger charge is 2.17. The number of hydrogen-bond acceptors (Lipinski definition) is 6. The van der Waals surface area contributed by atoms with Crippen molar-refractivity contribution in [3.63, 3.8) is 0 Å². The fraction of sp³-hybridized carbons (Fsp3) is 0.182. The van der Waals surface area contributed by atoms with Gasteiger partial charge in [-0.1, -0.05) is 28.3 Å². The molecule has 0 aliphatic heterocycles. The fourth-order valence-electron chi connectivity index (χ4n) is 1.38. The molecule has 1 aromatic heterocycles. The van der Waals surface area contributed by atoms with Gasteiger partial charge in [-0.15, -0.1) is 5.10 Å². The maximum Gasteiger partial charge on any atom is 0.335 e. The quantitative estimate of drug-likeness (QED) is 0.901. The van der Waals surface area contributed by atoms with Gasteiger partial charge in [-0.3, -0.25) is 4.79 Å². The Morgan fingerprint density at radius 1 is 1.33 bits per heavy atom. The van der Waals surface area contributed by atoms with E-state index in [1.165, 1.54) is 18.2 Å². The third-order valence-electron chi connectivity index (χ3n) is 2.34. The standard InChI is InChI=1S/C11H9Cl2N3O4S/c1-21(18,19)11-16-15-9(20-11)5-14-10(17)7-3-2-6(12)4-8(7)13/h2-4H,5H2,1H3,(H,14,17). The van der Waals surface area contributed by atoms with Gasteiger partial charge >= 0.3 is 5.22 Å². The van der Waals surface area contributed by atoms with Crippen molar-refractivity contribution in [1.82, 2.24) is 15.5 Å². The maximum absolute atomic E-state index is 11.9. The molecule has 21 heavy (non-hydrogen) atoms. The molecule has 112 valence electrons. The Bertz CT molecular complexity index is 789. The van der Waals surface area contributed by atoms with Gasteiger partial charge in [0.1, 0.15) is 0 Å². The molecule has 0 aliphatic carbocycles. The minimum atomic E-state index is -3.57. The first-order valence-corrected chi connectivity index (χ1v) is 8.18. The van der Waals surface area contributed by atoms with Gasteiger partial charge in [-0.2, -0.15) is 0 Å². The summed E-state index contributed by atoms with van der Waals surface area (Å²) in [5.41, 5.74) is 0.226. The van der Waals surface area contributed by atoms with Gasteiger partial charge in [0.25, 0.3) is 5.91 Å². The van der Waals surface area contributed by atoms with E-state index in [2.05, 4.69) is 15.5 Å². The second-order valence-corrected chi connectivity index (χ2v) is 6.78. The summed E-state index contributed by atoms with van der Waals surface area (Å²) >= 11 is 11.6. The minimum absolute atomic E-state index is 0.0335. The molecule has 0 aliphatic rings. The molecule has 1 N–H and O–H groups in total. The number of hydrogen-bond donors (Lipinski definition) is 1. The first-order chi connectivity index (χ1) is 9.77. The van der Waals surface area contributed by atoms with Crippen LogP contribution in [-0.2, 0) is 16.4 Å². The van der Waals surface area contributed by atoms with Crippen molar-refractivity contribution in [2.75, 3.05) is 6.26 Å². The summed E-state index contributed by atoms with van der Waals surface area (Å²) in [6.07, 6.45) is 0.941. The molecule has 0 bridgehead atoms. The fourth-order valence-corrected chi connectivity index (χ4v) is 2.32. The van der Waals surface area contributed by atoms with Crippen LogP contribution in [0.5, 0.6) is 0 Å². The van der Waals surface area contributed by atoms with Gasteiger partial charge in [0, 0.05) is 11.3 Å². The third-order valence-corrected chi connectivity index (χ3v) is 3.69. The van der Waals surface area contributed by atoms with Crippen LogP contribution in [0.3, 0.4) is 0 Å². The summed E-state index contributed by atoms with van der Waals surface area (Å²) in [4.78, 5) is 11.9. The van der Waals surface area contributed by atoms with Gasteiger partial charge in [-0.05, 0) is 18.2 Å². The highest BCUT2D eigenvalue weighted by atomic mass is 35.5. The number of halogens is 2. The molecule has 0 saturated carbocycles. The van der Waals surface area contributed by atoms with Crippen molar-refractivity contribution in [3.05, 3.63) is 39.7 Å². The van der Waals surface area contributed by atoms with E-state index in [4.69, 9.17) is 27.6 Å². The summed E-state index contributed by atoms with van der Waals surface area (Å²) in [5.74, 6) is -0.510. The lowest BCUT2D eigenvalue weighted by Gasteiger charge is -2.04. The van der Waals surface area contributed by atoms with Gasteiger partial charge in [-0.25, -0.2) is 8.42 Å². The highest BCUT2D eigenvalue weighted by molar-refractivity contribution is 7.90. The Morgan fingerprint density at radius 3 is 2.62 bits per heavy atom. The van der Waals surface area contributed by atoms with Crippen LogP contribution in [0.2, 0.25) is 10.0 Å². The second kappa shape index (κ2) is 6.00. The minimum Gasteiger partial charge on any atom is -0.411 e. The molecule has 0 saturated heterocycles. The number of aromatic nitrogens is 2. The summed E-state index contributed by atoms with van der Waals surface area (Å²) in [6.45, 7) is -0.125. The number of nitrogens with one attached hydrogen (secondary N) is 1. The Morgan fingerprint density at radius 2 is 2.05 bits per heavy atom. The topological polar surface area (TPSA) is 102 Å². The molecular formula is C11H9Cl2N3O4S. The molecule has 2 aromatic rings. The van der Waals surface area contributed by atoms with Crippen molar-refractivity contribution >= 4 is 38.9 Å². The summed E-state index contributed by atoms with van der Waals surface area (Å²) < 4.78 is 27.2. The van der Waals surface area contributed by atoms with Crippen LogP contribution >= 0.6 is 23.2 Å². The third kappa shape index (κ3) is 3.93. The number of amides is 1. The van der Waals surface area contributed by atoms with E-state index in [9.17, 15) is 13.2 Å². The maximum atomic E-state index is 11.9. The number of sulfone groups is 1. The Balaban J connectivity index is 2.06. The van der Waals surface area contributed by atoms with Crippen molar-refractivity contribution in [2.24, 2.45) is 0 Å². The average molecular weight is 350 g/mol. The van der Waals surface area contributed by atoms with E-state index in [-0.39, 0.29) is 23.0 Å². The molecule has 0 spiro atoms. The lowest BCUT2D eigenvalue weighted by molar-refractivity contribution is 0.0947. The molecule has 0 unspecified atom stereocenters. The van der Waals surface area contributed by atoms with Crippen LogP contribution in [0.25, 0.3) is 0 Å². The molecule has 0 fully saturated rings. The van der Waals surface area contributed by atoms with E-state index < -0.39 is 21.0 Å². The number of benzene rings is 1. The smallest absolute Gasteiger partial charge is 0.335 e. The van der Waals surface area contributed by atoms with Gasteiger partial charge in [0.2, 0.25) is 15.7 Å². The molecule has 7 nitrogen and oxygen atoms in total. The van der Waals surface area contributed by atoms with E-state index in [1.54, 1.807) is 0 Å². The lowest BCUT2D eigenvalue weighted by atomic mass is 10.2. The van der Waals surface area contributed by atoms with E-state index >= 15 is 0 Å². The van der Waals surface area contributed by atoms with E-state index in [0.29, 0.717) is 5.02 Å². The van der Waals surface area contributed by atoms with Gasteiger partial charge in [0.05, 0.1) is 17.1 Å². The van der Waals surface area contributed by atoms with Crippen LogP contribution in [0.1, 0.15) is 16.2 Å². The van der Waals surface area contributed by atoms with Crippen LogP contribution in [0.15, 0.2) is 27.8 Å². The summed E-state index contributed by atoms with van der Waals surface area (Å²) in [7, 11) is -3.57. The number of carbonyl (C=O) groups is 1. The number of nitrogens with zero attached hydrogens (tertiary/aromatic N) is 2. The zero-order chi connectivity index (χ0) is 15.6. The normalized spacial score (nSPS) is 11.4. The molecule has 1 aromatic carbocycles. The predicted octanol–water partition coefficient (Wildman–Crippen LogP) is 1.71. The van der Waals surface area contributed by atoms with E-state index in [1.807, 2.05) is 0 Å². The largest absolute Gasteiger partial charge is 0.411 e. The SMILES string of the molecule is CS(=O)(=O)c1nnc(CNC(=O)c2ccc(Cl)cc2Cl)o1. The van der Waals surface area contributed by atoms with Crippen molar-refractivity contribution in [3.8, 4) is 0 Å². The number of rotatable bonds is 4. The predicted molar refractivity (Wildman–Crippen MR) is 75.0 cm³/mol. The van der Waals surface area contributed by atoms with Crippen LogP contribution in [0, 0.1) is 0 Å². The zero-order valence-electron chi connectivity index (χ0n) is 10.6. The van der Waals surface area contributed by atoms with Gasteiger partial charge < -0.3 is 9.73 Å². The first kappa shape index (κ1) is 15.7. The Kier molecular flexibility index (Phi) is 4.50. The molecule has 1 amide bonds. The molecule has 2 rings (SSSR count).